The molecule has 1 heterocycles. The van der Waals surface area contributed by atoms with Gasteiger partial charge in [-0.3, -0.25) is 0 Å². The molecule has 1 aromatic rings. The normalized spacial score (nSPS) is 11.5. The minimum Gasteiger partial charge on any atom is -0.141 e. The van der Waals surface area contributed by atoms with Gasteiger partial charge in [-0.05, 0) is 45.4 Å². The Morgan fingerprint density at radius 3 is 2.31 bits per heavy atom. The standard InChI is InChI=1S/C12H16S/c1-9(2)5-6-10(3)12-8-7-11(4)13-12/h5-8H,1-4H3/b10-6+. The van der Waals surface area contributed by atoms with E-state index in [1.807, 2.05) is 11.3 Å². The second-order valence-electron chi connectivity index (χ2n) is 3.50. The molecule has 0 saturated carbocycles. The third-order valence-corrected chi connectivity index (χ3v) is 2.93. The van der Waals surface area contributed by atoms with Gasteiger partial charge in [-0.15, -0.1) is 11.3 Å². The van der Waals surface area contributed by atoms with Crippen molar-refractivity contribution in [3.8, 4) is 0 Å². The van der Waals surface area contributed by atoms with Crippen molar-refractivity contribution in [2.45, 2.75) is 27.7 Å². The summed E-state index contributed by atoms with van der Waals surface area (Å²) in [6.45, 7) is 8.53. The maximum Gasteiger partial charge on any atom is 0.0302 e. The topological polar surface area (TPSA) is 0 Å². The predicted molar refractivity (Wildman–Crippen MR) is 62.1 cm³/mol. The average molecular weight is 192 g/mol. The van der Waals surface area contributed by atoms with E-state index in [1.54, 1.807) is 0 Å². The van der Waals surface area contributed by atoms with Crippen molar-refractivity contribution >= 4 is 16.9 Å². The summed E-state index contributed by atoms with van der Waals surface area (Å²) in [5.74, 6) is 0. The van der Waals surface area contributed by atoms with Crippen molar-refractivity contribution in [3.05, 3.63) is 39.6 Å². The van der Waals surface area contributed by atoms with Crippen molar-refractivity contribution in [3.63, 3.8) is 0 Å². The summed E-state index contributed by atoms with van der Waals surface area (Å²) in [5.41, 5.74) is 2.69. The summed E-state index contributed by atoms with van der Waals surface area (Å²) < 4.78 is 0. The maximum absolute atomic E-state index is 2.19. The lowest BCUT2D eigenvalue weighted by Crippen LogP contribution is -1.69. The summed E-state index contributed by atoms with van der Waals surface area (Å²) in [5, 5.41) is 0. The lowest BCUT2D eigenvalue weighted by molar-refractivity contribution is 1.39. The number of aryl methyl sites for hydroxylation is 1. The fourth-order valence-electron chi connectivity index (χ4n) is 1.02. The molecule has 0 N–H and O–H groups in total. The van der Waals surface area contributed by atoms with E-state index in [0.717, 1.165) is 0 Å². The number of allylic oxidation sites excluding steroid dienone is 4. The molecule has 0 aliphatic rings. The SMILES string of the molecule is CC(C)=C/C=C(\C)c1ccc(C)s1. The molecule has 0 atom stereocenters. The molecule has 0 aliphatic carbocycles. The van der Waals surface area contributed by atoms with E-state index in [9.17, 15) is 0 Å². The second-order valence-corrected chi connectivity index (χ2v) is 4.79. The van der Waals surface area contributed by atoms with E-state index in [4.69, 9.17) is 0 Å². The van der Waals surface area contributed by atoms with E-state index in [-0.39, 0.29) is 0 Å². The highest BCUT2D eigenvalue weighted by Gasteiger charge is 1.96. The summed E-state index contributed by atoms with van der Waals surface area (Å²) in [4.78, 5) is 2.75. The molecule has 0 bridgehead atoms. The molecule has 0 saturated heterocycles. The van der Waals surface area contributed by atoms with Crippen molar-refractivity contribution < 1.29 is 0 Å². The Hall–Kier alpha value is -0.820. The monoisotopic (exact) mass is 192 g/mol. The summed E-state index contributed by atoms with van der Waals surface area (Å²) in [6.07, 6.45) is 4.34. The summed E-state index contributed by atoms with van der Waals surface area (Å²) >= 11 is 1.85. The molecule has 1 aromatic heterocycles. The van der Waals surface area contributed by atoms with Crippen LogP contribution in [0.4, 0.5) is 0 Å². The fourth-order valence-corrected chi connectivity index (χ4v) is 1.87. The van der Waals surface area contributed by atoms with Crippen LogP contribution in [-0.2, 0) is 0 Å². The number of hydrogen-bond donors (Lipinski definition) is 0. The van der Waals surface area contributed by atoms with Crippen LogP contribution >= 0.6 is 11.3 Å². The zero-order valence-electron chi connectivity index (χ0n) is 8.72. The average Bonchev–Trinajstić information content (AvgIpc) is 2.47. The van der Waals surface area contributed by atoms with Crippen molar-refractivity contribution in [1.29, 1.82) is 0 Å². The Kier molecular flexibility index (Phi) is 3.49. The first kappa shape index (κ1) is 10.3. The molecular formula is C12H16S. The Balaban J connectivity index is 2.85. The van der Waals surface area contributed by atoms with Crippen molar-refractivity contribution in [2.24, 2.45) is 0 Å². The highest BCUT2D eigenvalue weighted by atomic mass is 32.1. The first-order chi connectivity index (χ1) is 6.09. The Bertz CT molecular complexity index is 336. The lowest BCUT2D eigenvalue weighted by atomic mass is 10.2. The fraction of sp³-hybridized carbons (Fsp3) is 0.333. The first-order valence-electron chi connectivity index (χ1n) is 4.48. The Morgan fingerprint density at radius 2 is 1.85 bits per heavy atom. The third kappa shape index (κ3) is 3.19. The molecule has 0 spiro atoms. The Morgan fingerprint density at radius 1 is 1.15 bits per heavy atom. The van der Waals surface area contributed by atoms with Gasteiger partial charge in [-0.2, -0.15) is 0 Å². The van der Waals surface area contributed by atoms with E-state index in [2.05, 4.69) is 52.0 Å². The molecule has 1 rings (SSSR count). The highest BCUT2D eigenvalue weighted by molar-refractivity contribution is 7.13. The van der Waals surface area contributed by atoms with Crippen molar-refractivity contribution in [1.82, 2.24) is 0 Å². The van der Waals surface area contributed by atoms with Crippen LogP contribution in [0.15, 0.2) is 29.9 Å². The van der Waals surface area contributed by atoms with Gasteiger partial charge in [0.25, 0.3) is 0 Å². The second kappa shape index (κ2) is 4.43. The molecule has 0 radical (unpaired) electrons. The molecular weight excluding hydrogens is 176 g/mol. The van der Waals surface area contributed by atoms with Gasteiger partial charge >= 0.3 is 0 Å². The number of rotatable bonds is 2. The molecule has 1 heteroatoms. The summed E-state index contributed by atoms with van der Waals surface area (Å²) in [6, 6.07) is 4.35. The lowest BCUT2D eigenvalue weighted by Gasteiger charge is -1.93. The van der Waals surface area contributed by atoms with Gasteiger partial charge in [0.05, 0.1) is 0 Å². The smallest absolute Gasteiger partial charge is 0.0302 e. The zero-order valence-corrected chi connectivity index (χ0v) is 9.53. The number of thiophene rings is 1. The van der Waals surface area contributed by atoms with Gasteiger partial charge < -0.3 is 0 Å². The van der Waals surface area contributed by atoms with Gasteiger partial charge in [0.15, 0.2) is 0 Å². The molecule has 0 nitrogen and oxygen atoms in total. The quantitative estimate of drug-likeness (QED) is 0.608. The van der Waals surface area contributed by atoms with E-state index in [0.29, 0.717) is 0 Å². The minimum atomic E-state index is 1.34. The van der Waals surface area contributed by atoms with Crippen LogP contribution in [0.2, 0.25) is 0 Å². The highest BCUT2D eigenvalue weighted by Crippen LogP contribution is 2.23. The van der Waals surface area contributed by atoms with Crippen LogP contribution in [0.1, 0.15) is 30.5 Å². The third-order valence-electron chi connectivity index (χ3n) is 1.80. The molecule has 0 aromatic carbocycles. The molecule has 70 valence electrons. The van der Waals surface area contributed by atoms with Gasteiger partial charge in [-0.1, -0.05) is 17.7 Å². The minimum absolute atomic E-state index is 1.34. The van der Waals surface area contributed by atoms with Crippen molar-refractivity contribution in [2.75, 3.05) is 0 Å². The van der Waals surface area contributed by atoms with E-state index < -0.39 is 0 Å². The van der Waals surface area contributed by atoms with E-state index >= 15 is 0 Å². The molecule has 0 fully saturated rings. The molecule has 0 unspecified atom stereocenters. The largest absolute Gasteiger partial charge is 0.141 e. The predicted octanol–water partition coefficient (Wildman–Crippen LogP) is 4.43. The molecule has 0 amide bonds. The Labute approximate surface area is 84.6 Å². The maximum atomic E-state index is 2.19. The van der Waals surface area contributed by atoms with Crippen LogP contribution in [0.25, 0.3) is 5.57 Å². The van der Waals surface area contributed by atoms with Crippen LogP contribution < -0.4 is 0 Å². The molecule has 0 aliphatic heterocycles. The van der Waals surface area contributed by atoms with Gasteiger partial charge in [-0.25, -0.2) is 0 Å². The van der Waals surface area contributed by atoms with Crippen LogP contribution in [0.5, 0.6) is 0 Å². The zero-order chi connectivity index (χ0) is 9.84. The van der Waals surface area contributed by atoms with Crippen LogP contribution in [0, 0.1) is 6.92 Å². The summed E-state index contributed by atoms with van der Waals surface area (Å²) in [7, 11) is 0. The van der Waals surface area contributed by atoms with Gasteiger partial charge in [0.1, 0.15) is 0 Å². The van der Waals surface area contributed by atoms with Crippen LogP contribution in [0.3, 0.4) is 0 Å². The van der Waals surface area contributed by atoms with Crippen LogP contribution in [-0.4, -0.2) is 0 Å². The molecule has 13 heavy (non-hydrogen) atoms. The van der Waals surface area contributed by atoms with Gasteiger partial charge in [0.2, 0.25) is 0 Å². The number of hydrogen-bond acceptors (Lipinski definition) is 1. The van der Waals surface area contributed by atoms with Gasteiger partial charge in [0, 0.05) is 9.75 Å². The van der Waals surface area contributed by atoms with E-state index in [1.165, 1.54) is 20.9 Å². The first-order valence-corrected chi connectivity index (χ1v) is 5.30.